The van der Waals surface area contributed by atoms with E-state index >= 15 is 0 Å². The summed E-state index contributed by atoms with van der Waals surface area (Å²) < 4.78 is 1.60. The smallest absolute Gasteiger partial charge is 0.262 e. The highest BCUT2D eigenvalue weighted by molar-refractivity contribution is 7.99. The molecule has 1 aliphatic rings. The van der Waals surface area contributed by atoms with Crippen LogP contribution in [-0.4, -0.2) is 32.2 Å². The number of allylic oxidation sites excluding steroid dienone is 1. The molecule has 0 radical (unpaired) electrons. The Hall–Kier alpha value is -2.86. The average molecular weight is 434 g/mol. The van der Waals surface area contributed by atoms with Gasteiger partial charge in [-0.3, -0.25) is 14.2 Å². The van der Waals surface area contributed by atoms with Crippen molar-refractivity contribution in [2.75, 3.05) is 5.75 Å². The van der Waals surface area contributed by atoms with Crippen LogP contribution < -0.4 is 5.56 Å². The lowest BCUT2D eigenvalue weighted by Gasteiger charge is -2.29. The van der Waals surface area contributed by atoms with Crippen molar-refractivity contribution in [1.29, 1.82) is 0 Å². The third-order valence-electron chi connectivity index (χ3n) is 5.77. The first-order valence-corrected chi connectivity index (χ1v) is 11.6. The fraction of sp³-hybridized carbons (Fsp3) is 0.320. The molecule has 1 amide bonds. The molecule has 4 rings (SSSR count). The van der Waals surface area contributed by atoms with Crippen LogP contribution in [0.3, 0.4) is 0 Å². The predicted octanol–water partition coefficient (Wildman–Crippen LogP) is 4.50. The fourth-order valence-corrected chi connectivity index (χ4v) is 4.72. The van der Waals surface area contributed by atoms with Crippen molar-refractivity contribution >= 4 is 28.6 Å². The first-order chi connectivity index (χ1) is 15.1. The van der Waals surface area contributed by atoms with Crippen LogP contribution in [0.5, 0.6) is 0 Å². The number of rotatable bonds is 9. The number of para-hydroxylation sites is 1. The summed E-state index contributed by atoms with van der Waals surface area (Å²) in [5, 5.41) is 1.13. The van der Waals surface area contributed by atoms with Gasteiger partial charge in [-0.2, -0.15) is 0 Å². The van der Waals surface area contributed by atoms with Gasteiger partial charge in [-0.05, 0) is 43.4 Å². The van der Waals surface area contributed by atoms with Crippen molar-refractivity contribution in [3.05, 3.63) is 83.2 Å². The molecular weight excluding hydrogens is 406 g/mol. The molecule has 1 heterocycles. The van der Waals surface area contributed by atoms with Gasteiger partial charge in [-0.15, -0.1) is 6.58 Å². The highest BCUT2D eigenvalue weighted by Crippen LogP contribution is 2.36. The van der Waals surface area contributed by atoms with Gasteiger partial charge in [0.15, 0.2) is 5.16 Å². The molecule has 0 saturated heterocycles. The molecule has 0 spiro atoms. The van der Waals surface area contributed by atoms with Crippen molar-refractivity contribution in [3.8, 4) is 0 Å². The van der Waals surface area contributed by atoms with Crippen LogP contribution in [0.4, 0.5) is 0 Å². The van der Waals surface area contributed by atoms with Gasteiger partial charge >= 0.3 is 0 Å². The lowest BCUT2D eigenvalue weighted by Crippen LogP contribution is -2.40. The summed E-state index contributed by atoms with van der Waals surface area (Å²) >= 11 is 1.33. The minimum Gasteiger partial charge on any atom is -0.335 e. The quantitative estimate of drug-likeness (QED) is 0.283. The number of hydrogen-bond acceptors (Lipinski definition) is 4. The Bertz CT molecular complexity index is 1140. The second kappa shape index (κ2) is 9.52. The molecule has 1 fully saturated rings. The van der Waals surface area contributed by atoms with Gasteiger partial charge < -0.3 is 4.90 Å². The molecule has 6 heteroatoms. The van der Waals surface area contributed by atoms with Gasteiger partial charge in [0.25, 0.3) is 5.56 Å². The van der Waals surface area contributed by atoms with E-state index in [9.17, 15) is 9.59 Å². The number of benzene rings is 2. The van der Waals surface area contributed by atoms with Crippen LogP contribution in [0, 0.1) is 5.92 Å². The first kappa shape index (κ1) is 21.4. The maximum Gasteiger partial charge on any atom is 0.262 e. The van der Waals surface area contributed by atoms with E-state index in [2.05, 4.69) is 30.6 Å². The van der Waals surface area contributed by atoms with Crippen molar-refractivity contribution in [2.24, 2.45) is 5.92 Å². The lowest BCUT2D eigenvalue weighted by atomic mass is 10.1. The van der Waals surface area contributed by atoms with Gasteiger partial charge in [0, 0.05) is 19.1 Å². The van der Waals surface area contributed by atoms with E-state index in [-0.39, 0.29) is 23.3 Å². The summed E-state index contributed by atoms with van der Waals surface area (Å²) in [6, 6.07) is 17.6. The first-order valence-electron chi connectivity index (χ1n) is 10.6. The normalized spacial score (nSPS) is 14.4. The van der Waals surface area contributed by atoms with Gasteiger partial charge in [-0.1, -0.05) is 60.3 Å². The summed E-state index contributed by atoms with van der Waals surface area (Å²) in [5.74, 6) is 0.891. The standard InChI is InChI=1S/C25H27N3O2S/c1-3-15-27-24(30)21-11-7-8-12-22(21)26-25(27)31-17-23(29)28(18(2)20-13-14-20)16-19-9-5-4-6-10-19/h3-12,18,20H,1,13-17H2,2H3. The van der Waals surface area contributed by atoms with Crippen LogP contribution >= 0.6 is 11.8 Å². The predicted molar refractivity (Wildman–Crippen MR) is 126 cm³/mol. The zero-order valence-corrected chi connectivity index (χ0v) is 18.6. The second-order valence-corrected chi connectivity index (χ2v) is 8.93. The van der Waals surface area contributed by atoms with Crippen LogP contribution in [0.25, 0.3) is 10.9 Å². The van der Waals surface area contributed by atoms with Crippen LogP contribution in [0.15, 0.2) is 77.2 Å². The summed E-state index contributed by atoms with van der Waals surface area (Å²) in [7, 11) is 0. The Morgan fingerprint density at radius 1 is 1.23 bits per heavy atom. The topological polar surface area (TPSA) is 55.2 Å². The molecule has 1 aliphatic carbocycles. The molecule has 31 heavy (non-hydrogen) atoms. The van der Waals surface area contributed by atoms with Gasteiger partial charge in [0.1, 0.15) is 0 Å². The fourth-order valence-electron chi connectivity index (χ4n) is 3.83. The number of fused-ring (bicyclic) bond motifs is 1. The molecule has 0 bridgehead atoms. The molecule has 3 aromatic rings. The van der Waals surface area contributed by atoms with Crippen molar-refractivity contribution in [1.82, 2.24) is 14.5 Å². The third-order valence-corrected chi connectivity index (χ3v) is 6.74. The molecule has 5 nitrogen and oxygen atoms in total. The number of carbonyl (C=O) groups is 1. The molecule has 1 aromatic heterocycles. The highest BCUT2D eigenvalue weighted by Gasteiger charge is 2.34. The molecule has 160 valence electrons. The lowest BCUT2D eigenvalue weighted by molar-refractivity contribution is -0.131. The Morgan fingerprint density at radius 2 is 1.94 bits per heavy atom. The van der Waals surface area contributed by atoms with E-state index in [4.69, 9.17) is 0 Å². The zero-order chi connectivity index (χ0) is 21.8. The maximum absolute atomic E-state index is 13.3. The number of nitrogens with zero attached hydrogens (tertiary/aromatic N) is 3. The van der Waals surface area contributed by atoms with E-state index < -0.39 is 0 Å². The number of thioether (sulfide) groups is 1. The Morgan fingerprint density at radius 3 is 2.65 bits per heavy atom. The molecule has 1 atom stereocenters. The van der Waals surface area contributed by atoms with Crippen molar-refractivity contribution in [3.63, 3.8) is 0 Å². The number of aromatic nitrogens is 2. The Kier molecular flexibility index (Phi) is 6.56. The SMILES string of the molecule is C=CCn1c(SCC(=O)N(Cc2ccccc2)C(C)C2CC2)nc2ccccc2c1=O. The molecule has 1 unspecified atom stereocenters. The minimum atomic E-state index is -0.104. The van der Waals surface area contributed by atoms with E-state index in [0.717, 1.165) is 5.56 Å². The van der Waals surface area contributed by atoms with E-state index in [0.29, 0.717) is 35.1 Å². The maximum atomic E-state index is 13.3. The van der Waals surface area contributed by atoms with Crippen LogP contribution in [0.2, 0.25) is 0 Å². The van der Waals surface area contributed by atoms with Crippen LogP contribution in [-0.2, 0) is 17.9 Å². The Labute approximate surface area is 186 Å². The average Bonchev–Trinajstić information content (AvgIpc) is 3.64. The van der Waals surface area contributed by atoms with E-state index in [1.807, 2.05) is 41.3 Å². The molecule has 0 N–H and O–H groups in total. The number of carbonyl (C=O) groups excluding carboxylic acids is 1. The molecule has 1 saturated carbocycles. The molecule has 0 aliphatic heterocycles. The number of hydrogen-bond donors (Lipinski definition) is 0. The minimum absolute atomic E-state index is 0.0702. The summed E-state index contributed by atoms with van der Waals surface area (Å²) in [4.78, 5) is 32.9. The van der Waals surface area contributed by atoms with Gasteiger partial charge in [0.05, 0.1) is 16.7 Å². The second-order valence-electron chi connectivity index (χ2n) is 7.99. The van der Waals surface area contributed by atoms with E-state index in [1.165, 1.54) is 24.6 Å². The number of amides is 1. The van der Waals surface area contributed by atoms with Crippen LogP contribution in [0.1, 0.15) is 25.3 Å². The zero-order valence-electron chi connectivity index (χ0n) is 17.7. The monoisotopic (exact) mass is 433 g/mol. The molecular formula is C25H27N3O2S. The largest absolute Gasteiger partial charge is 0.335 e. The van der Waals surface area contributed by atoms with Crippen molar-refractivity contribution < 1.29 is 4.79 Å². The highest BCUT2D eigenvalue weighted by atomic mass is 32.2. The third kappa shape index (κ3) is 4.90. The van der Waals surface area contributed by atoms with Gasteiger partial charge in [-0.25, -0.2) is 4.98 Å². The summed E-state index contributed by atoms with van der Waals surface area (Å²) in [6.45, 7) is 6.87. The molecule has 2 aromatic carbocycles. The Balaban J connectivity index is 1.57. The summed E-state index contributed by atoms with van der Waals surface area (Å²) in [5.41, 5.74) is 1.67. The van der Waals surface area contributed by atoms with Crippen molar-refractivity contribution in [2.45, 2.75) is 44.1 Å². The van der Waals surface area contributed by atoms with Gasteiger partial charge in [0.2, 0.25) is 5.91 Å². The summed E-state index contributed by atoms with van der Waals surface area (Å²) in [6.07, 6.45) is 4.04. The van der Waals surface area contributed by atoms with E-state index in [1.54, 1.807) is 16.7 Å².